The molecule has 0 saturated carbocycles. The van der Waals surface area contributed by atoms with Crippen molar-refractivity contribution in [3.63, 3.8) is 0 Å². The molecule has 0 aliphatic rings. The first-order valence-corrected chi connectivity index (χ1v) is 19.8. The molecule has 0 heterocycles. The highest BCUT2D eigenvalue weighted by atomic mass is 19.4. The first-order chi connectivity index (χ1) is 29.6. The van der Waals surface area contributed by atoms with Crippen molar-refractivity contribution >= 4 is 64.6 Å². The summed E-state index contributed by atoms with van der Waals surface area (Å²) < 4.78 is 85.5. The molecule has 0 aliphatic carbocycles. The lowest BCUT2D eigenvalue weighted by Gasteiger charge is -2.21. The molecule has 0 unspecified atom stereocenters. The van der Waals surface area contributed by atoms with E-state index in [0.717, 1.165) is 117 Å². The second-order valence-electron chi connectivity index (χ2n) is 15.5. The fourth-order valence-corrected chi connectivity index (χ4v) is 9.20. The summed E-state index contributed by atoms with van der Waals surface area (Å²) in [6, 6.07) is 56.0. The van der Waals surface area contributed by atoms with Gasteiger partial charge in [-0.05, 0) is 170 Å². The van der Waals surface area contributed by atoms with E-state index in [2.05, 4.69) is 66.7 Å². The molecule has 0 saturated heterocycles. The first-order valence-electron chi connectivity index (χ1n) is 19.8. The van der Waals surface area contributed by atoms with Crippen LogP contribution < -0.4 is 0 Å². The Bertz CT molecular complexity index is 3580. The van der Waals surface area contributed by atoms with Crippen LogP contribution in [-0.2, 0) is 6.18 Å². The van der Waals surface area contributed by atoms with E-state index in [1.807, 2.05) is 78.9 Å². The number of rotatable bonds is 4. The van der Waals surface area contributed by atoms with Crippen LogP contribution in [0.3, 0.4) is 0 Å². The monoisotopic (exact) mass is 804 g/mol. The first kappa shape index (κ1) is 36.6. The third-order valence-electron chi connectivity index (χ3n) is 12.0. The van der Waals surface area contributed by atoms with E-state index in [0.29, 0.717) is 11.1 Å². The molecule has 0 bridgehead atoms. The Morgan fingerprint density at radius 2 is 0.787 bits per heavy atom. The zero-order valence-electron chi connectivity index (χ0n) is 32.1. The zero-order chi connectivity index (χ0) is 41.6. The van der Waals surface area contributed by atoms with E-state index in [9.17, 15) is 17.6 Å². The summed E-state index contributed by atoms with van der Waals surface area (Å²) in [5.74, 6) is -4.12. The van der Waals surface area contributed by atoms with E-state index < -0.39 is 29.2 Å². The number of hydrogen-bond donors (Lipinski definition) is 0. The lowest BCUT2D eigenvalue weighted by molar-refractivity contribution is -0.137. The standard InChI is InChI=1S/C55H30F6/c56-51-29-36(30-52(57)54(51)58)35-26-47(46-24-33-9-1-3-11-39(33)42-13-5-7-15-44(42)46)48-28-37-23-32(31-17-20-38(21-18-31)55(59,60)61)19-22-41(37)53(50(48)27-35)49-25-34-10-2-4-12-40(34)43-14-6-8-16-45(43)49/h1-30H. The van der Waals surface area contributed by atoms with Crippen molar-refractivity contribution in [1.82, 2.24) is 0 Å². The highest BCUT2D eigenvalue weighted by Gasteiger charge is 2.30. The summed E-state index contributed by atoms with van der Waals surface area (Å²) in [5.41, 5.74) is 4.77. The third-order valence-corrected chi connectivity index (χ3v) is 12.0. The fourth-order valence-electron chi connectivity index (χ4n) is 9.20. The van der Waals surface area contributed by atoms with Gasteiger partial charge < -0.3 is 0 Å². The maximum atomic E-state index is 15.1. The molecule has 0 amide bonds. The summed E-state index contributed by atoms with van der Waals surface area (Å²) >= 11 is 0. The maximum Gasteiger partial charge on any atom is 0.416 e. The molecule has 11 rings (SSSR count). The van der Waals surface area contributed by atoms with Crippen LogP contribution in [0, 0.1) is 17.5 Å². The molecular weight excluding hydrogens is 775 g/mol. The van der Waals surface area contributed by atoms with E-state index in [-0.39, 0.29) is 5.56 Å². The summed E-state index contributed by atoms with van der Waals surface area (Å²) in [4.78, 5) is 0. The average molecular weight is 805 g/mol. The predicted octanol–water partition coefficient (Wildman–Crippen LogP) is 16.7. The predicted molar refractivity (Wildman–Crippen MR) is 238 cm³/mol. The van der Waals surface area contributed by atoms with Gasteiger partial charge >= 0.3 is 6.18 Å². The van der Waals surface area contributed by atoms with Gasteiger partial charge in [0.05, 0.1) is 5.56 Å². The average Bonchev–Trinajstić information content (AvgIpc) is 3.28. The Balaban J connectivity index is 1.32. The van der Waals surface area contributed by atoms with Crippen molar-refractivity contribution in [3.8, 4) is 44.5 Å². The Kier molecular flexibility index (Phi) is 8.30. The van der Waals surface area contributed by atoms with Gasteiger partial charge in [0.25, 0.3) is 0 Å². The molecule has 6 heteroatoms. The topological polar surface area (TPSA) is 0 Å². The van der Waals surface area contributed by atoms with Gasteiger partial charge in [-0.2, -0.15) is 13.2 Å². The van der Waals surface area contributed by atoms with E-state index >= 15 is 8.78 Å². The highest BCUT2D eigenvalue weighted by molar-refractivity contribution is 6.25. The number of fused-ring (bicyclic) bond motifs is 8. The molecule has 0 aromatic heterocycles. The zero-order valence-corrected chi connectivity index (χ0v) is 32.1. The van der Waals surface area contributed by atoms with Gasteiger partial charge in [0.15, 0.2) is 17.5 Å². The van der Waals surface area contributed by atoms with E-state index in [1.54, 1.807) is 0 Å². The van der Waals surface area contributed by atoms with Gasteiger partial charge in [0.1, 0.15) is 0 Å². The van der Waals surface area contributed by atoms with Crippen LogP contribution >= 0.6 is 0 Å². The minimum Gasteiger partial charge on any atom is -0.204 e. The van der Waals surface area contributed by atoms with Crippen LogP contribution in [-0.4, -0.2) is 0 Å². The van der Waals surface area contributed by atoms with Gasteiger partial charge in [0.2, 0.25) is 0 Å². The molecule has 0 nitrogen and oxygen atoms in total. The lowest BCUT2D eigenvalue weighted by Crippen LogP contribution is -2.03. The smallest absolute Gasteiger partial charge is 0.204 e. The van der Waals surface area contributed by atoms with Crippen molar-refractivity contribution < 1.29 is 26.3 Å². The molecule has 0 fully saturated rings. The largest absolute Gasteiger partial charge is 0.416 e. The second-order valence-corrected chi connectivity index (χ2v) is 15.5. The van der Waals surface area contributed by atoms with Crippen LogP contribution in [0.2, 0.25) is 0 Å². The molecule has 292 valence electrons. The second kappa shape index (κ2) is 13.8. The van der Waals surface area contributed by atoms with Crippen molar-refractivity contribution in [1.29, 1.82) is 0 Å². The van der Waals surface area contributed by atoms with Crippen molar-refractivity contribution in [2.24, 2.45) is 0 Å². The van der Waals surface area contributed by atoms with Gasteiger partial charge in [-0.25, -0.2) is 13.2 Å². The summed E-state index contributed by atoms with van der Waals surface area (Å²) in [7, 11) is 0. The van der Waals surface area contributed by atoms with E-state index in [4.69, 9.17) is 0 Å². The molecular formula is C55H30F6. The number of halogens is 6. The Morgan fingerprint density at radius 3 is 1.39 bits per heavy atom. The molecule has 0 spiro atoms. The molecule has 11 aromatic rings. The normalized spacial score (nSPS) is 12.1. The summed E-state index contributed by atoms with van der Waals surface area (Å²) in [6.07, 6.45) is -4.47. The number of alkyl halides is 3. The molecule has 0 N–H and O–H groups in total. The Morgan fingerprint density at radius 1 is 0.295 bits per heavy atom. The summed E-state index contributed by atoms with van der Waals surface area (Å²) in [6.45, 7) is 0. The SMILES string of the molecule is Fc1cc(-c2cc(-c3cc4ccccc4c4ccccc34)c3cc4cc(-c5ccc(C(F)(F)F)cc5)ccc4c(-c4cc5ccccc5c5ccccc45)c3c2)cc(F)c1F. The molecule has 0 aliphatic heterocycles. The lowest BCUT2D eigenvalue weighted by atomic mass is 9.82. The van der Waals surface area contributed by atoms with Gasteiger partial charge in [0, 0.05) is 0 Å². The van der Waals surface area contributed by atoms with Crippen LogP contribution in [0.4, 0.5) is 26.3 Å². The summed E-state index contributed by atoms with van der Waals surface area (Å²) in [5, 5.41) is 11.5. The van der Waals surface area contributed by atoms with Gasteiger partial charge in [-0.3, -0.25) is 0 Å². The van der Waals surface area contributed by atoms with Crippen molar-refractivity contribution in [2.75, 3.05) is 0 Å². The van der Waals surface area contributed by atoms with Crippen LogP contribution in [0.25, 0.3) is 109 Å². The van der Waals surface area contributed by atoms with Crippen LogP contribution in [0.1, 0.15) is 5.56 Å². The highest BCUT2D eigenvalue weighted by Crippen LogP contribution is 2.48. The Labute approximate surface area is 345 Å². The molecule has 0 atom stereocenters. The maximum absolute atomic E-state index is 15.1. The van der Waals surface area contributed by atoms with Crippen LogP contribution in [0.15, 0.2) is 182 Å². The van der Waals surface area contributed by atoms with Crippen molar-refractivity contribution in [2.45, 2.75) is 6.18 Å². The number of hydrogen-bond acceptors (Lipinski definition) is 0. The molecule has 61 heavy (non-hydrogen) atoms. The minimum atomic E-state index is -4.47. The van der Waals surface area contributed by atoms with Gasteiger partial charge in [-0.15, -0.1) is 0 Å². The number of benzene rings is 11. The van der Waals surface area contributed by atoms with Crippen molar-refractivity contribution in [3.05, 3.63) is 205 Å². The van der Waals surface area contributed by atoms with Gasteiger partial charge in [-0.1, -0.05) is 121 Å². The Hall–Kier alpha value is -7.44. The minimum absolute atomic E-state index is 0.178. The quantitative estimate of drug-likeness (QED) is 0.0719. The fraction of sp³-hybridized carbons (Fsp3) is 0.0182. The molecule has 11 aromatic carbocycles. The molecule has 0 radical (unpaired) electrons. The van der Waals surface area contributed by atoms with E-state index in [1.165, 1.54) is 12.1 Å². The van der Waals surface area contributed by atoms with Crippen LogP contribution in [0.5, 0.6) is 0 Å². The third kappa shape index (κ3) is 6.01.